The number of amides is 2. The molecule has 3 aromatic rings. The van der Waals surface area contributed by atoms with E-state index in [9.17, 15) is 9.59 Å². The number of nitrogens with zero attached hydrogens (tertiary/aromatic N) is 3. The summed E-state index contributed by atoms with van der Waals surface area (Å²) in [5.74, 6) is -0.0833. The number of hydrogen-bond donors (Lipinski definition) is 1. The summed E-state index contributed by atoms with van der Waals surface area (Å²) in [6.45, 7) is 4.34. The highest BCUT2D eigenvalue weighted by Gasteiger charge is 2.35. The first kappa shape index (κ1) is 24.1. The van der Waals surface area contributed by atoms with Gasteiger partial charge in [0.1, 0.15) is 5.69 Å². The third-order valence-electron chi connectivity index (χ3n) is 6.62. The van der Waals surface area contributed by atoms with Gasteiger partial charge in [-0.15, -0.1) is 11.3 Å². The maximum absolute atomic E-state index is 13.8. The molecule has 0 bridgehead atoms. The number of carbonyl (C=O) groups is 2. The molecule has 1 aromatic carbocycles. The molecule has 2 aromatic heterocycles. The van der Waals surface area contributed by atoms with Gasteiger partial charge >= 0.3 is 0 Å². The van der Waals surface area contributed by atoms with Crippen molar-refractivity contribution in [2.75, 3.05) is 4.90 Å². The van der Waals surface area contributed by atoms with Crippen molar-refractivity contribution in [2.24, 2.45) is 0 Å². The second kappa shape index (κ2) is 11.4. The first-order valence-corrected chi connectivity index (χ1v) is 13.0. The Balaban J connectivity index is 1.74. The number of nitrogens with one attached hydrogen (secondary N) is 1. The summed E-state index contributed by atoms with van der Waals surface area (Å²) in [7, 11) is 0. The molecule has 7 heteroatoms. The fourth-order valence-electron chi connectivity index (χ4n) is 4.46. The van der Waals surface area contributed by atoms with Crippen LogP contribution in [-0.2, 0) is 4.79 Å². The quantitative estimate of drug-likeness (QED) is 0.440. The van der Waals surface area contributed by atoms with Gasteiger partial charge in [0.2, 0.25) is 5.91 Å². The smallest absolute Gasteiger partial charge is 0.279 e. The molecule has 0 aliphatic heterocycles. The number of aromatic nitrogens is 2. The topological polar surface area (TPSA) is 75.2 Å². The van der Waals surface area contributed by atoms with E-state index in [1.807, 2.05) is 41.8 Å². The van der Waals surface area contributed by atoms with Crippen LogP contribution in [-0.4, -0.2) is 27.8 Å². The molecule has 2 unspecified atom stereocenters. The normalized spacial score (nSPS) is 15.9. The maximum Gasteiger partial charge on any atom is 0.279 e. The van der Waals surface area contributed by atoms with Crippen LogP contribution < -0.4 is 10.2 Å². The Labute approximate surface area is 205 Å². The summed E-state index contributed by atoms with van der Waals surface area (Å²) in [5, 5.41) is 5.18. The van der Waals surface area contributed by atoms with Gasteiger partial charge in [0.15, 0.2) is 6.04 Å². The molecular formula is C27H32N4O2S. The predicted molar refractivity (Wildman–Crippen MR) is 136 cm³/mol. The van der Waals surface area contributed by atoms with Crippen molar-refractivity contribution >= 4 is 28.8 Å². The summed E-state index contributed by atoms with van der Waals surface area (Å²) in [6, 6.07) is 11.2. The summed E-state index contributed by atoms with van der Waals surface area (Å²) in [6.07, 6.45) is 10.9. The molecule has 1 N–H and O–H groups in total. The molecule has 1 fully saturated rings. The lowest BCUT2D eigenvalue weighted by atomic mass is 9.95. The minimum atomic E-state index is -0.786. The monoisotopic (exact) mass is 476 g/mol. The summed E-state index contributed by atoms with van der Waals surface area (Å²) in [4.78, 5) is 38.3. The van der Waals surface area contributed by atoms with Crippen molar-refractivity contribution in [3.05, 3.63) is 76.5 Å². The van der Waals surface area contributed by atoms with Crippen LogP contribution in [0.2, 0.25) is 0 Å². The molecule has 34 heavy (non-hydrogen) atoms. The van der Waals surface area contributed by atoms with E-state index in [0.717, 1.165) is 37.0 Å². The van der Waals surface area contributed by atoms with Gasteiger partial charge in [-0.2, -0.15) is 0 Å². The Hall–Kier alpha value is -3.06. The van der Waals surface area contributed by atoms with Crippen LogP contribution >= 0.6 is 11.3 Å². The van der Waals surface area contributed by atoms with Crippen LogP contribution in [0.25, 0.3) is 0 Å². The lowest BCUT2D eigenvalue weighted by molar-refractivity contribution is -0.123. The third-order valence-corrected chi connectivity index (χ3v) is 7.55. The molecular weight excluding hydrogens is 444 g/mol. The fraction of sp³-hybridized carbons (Fsp3) is 0.407. The third kappa shape index (κ3) is 5.53. The molecule has 2 atom stereocenters. The molecule has 4 rings (SSSR count). The van der Waals surface area contributed by atoms with Gasteiger partial charge in [-0.3, -0.25) is 19.5 Å². The van der Waals surface area contributed by atoms with E-state index in [1.54, 1.807) is 4.90 Å². The molecule has 1 saturated carbocycles. The second-order valence-electron chi connectivity index (χ2n) is 8.93. The van der Waals surface area contributed by atoms with Gasteiger partial charge in [0, 0.05) is 29.0 Å². The van der Waals surface area contributed by atoms with Crippen molar-refractivity contribution in [3.63, 3.8) is 0 Å². The van der Waals surface area contributed by atoms with E-state index < -0.39 is 6.04 Å². The van der Waals surface area contributed by atoms with Crippen LogP contribution in [0.1, 0.15) is 85.3 Å². The Morgan fingerprint density at radius 2 is 1.88 bits per heavy atom. The number of benzene rings is 1. The average molecular weight is 477 g/mol. The van der Waals surface area contributed by atoms with Crippen LogP contribution in [0.15, 0.2) is 60.4 Å². The second-order valence-corrected chi connectivity index (χ2v) is 9.91. The molecule has 0 radical (unpaired) electrons. The molecule has 6 nitrogen and oxygen atoms in total. The molecule has 2 amide bonds. The van der Waals surface area contributed by atoms with Crippen LogP contribution in [0.4, 0.5) is 5.69 Å². The van der Waals surface area contributed by atoms with Gasteiger partial charge in [-0.05, 0) is 54.3 Å². The van der Waals surface area contributed by atoms with Gasteiger partial charge in [0.25, 0.3) is 5.91 Å². The Kier molecular flexibility index (Phi) is 8.06. The first-order valence-electron chi connectivity index (χ1n) is 12.1. The highest BCUT2D eigenvalue weighted by atomic mass is 32.1. The van der Waals surface area contributed by atoms with E-state index in [-0.39, 0.29) is 23.6 Å². The van der Waals surface area contributed by atoms with E-state index in [4.69, 9.17) is 0 Å². The fourth-order valence-corrected chi connectivity index (χ4v) is 5.28. The highest BCUT2D eigenvalue weighted by molar-refractivity contribution is 7.10. The largest absolute Gasteiger partial charge is 0.351 e. The van der Waals surface area contributed by atoms with Crippen LogP contribution in [0.3, 0.4) is 0 Å². The van der Waals surface area contributed by atoms with Gasteiger partial charge < -0.3 is 5.32 Å². The number of anilines is 1. The van der Waals surface area contributed by atoms with E-state index in [1.165, 1.54) is 41.9 Å². The SMILES string of the molecule is CCC(C)c1ccc(N(C(=O)c2cnccn2)C(C(=O)NC2CCCCC2)c2cccs2)cc1. The van der Waals surface area contributed by atoms with Crippen LogP contribution in [0.5, 0.6) is 0 Å². The number of hydrogen-bond acceptors (Lipinski definition) is 5. The zero-order valence-electron chi connectivity index (χ0n) is 19.8. The van der Waals surface area contributed by atoms with Crippen molar-refractivity contribution in [1.29, 1.82) is 0 Å². The predicted octanol–water partition coefficient (Wildman–Crippen LogP) is 5.89. The molecule has 0 spiro atoms. The van der Waals surface area contributed by atoms with Crippen molar-refractivity contribution in [2.45, 2.75) is 70.4 Å². The first-order chi connectivity index (χ1) is 16.6. The van der Waals surface area contributed by atoms with E-state index in [0.29, 0.717) is 11.6 Å². The minimum absolute atomic E-state index is 0.143. The highest BCUT2D eigenvalue weighted by Crippen LogP contribution is 2.33. The molecule has 178 valence electrons. The number of rotatable bonds is 8. The van der Waals surface area contributed by atoms with Gasteiger partial charge in [-0.25, -0.2) is 4.98 Å². The van der Waals surface area contributed by atoms with Gasteiger partial charge in [-0.1, -0.05) is 51.3 Å². The Bertz CT molecular complexity index is 1060. The van der Waals surface area contributed by atoms with Crippen LogP contribution in [0, 0.1) is 0 Å². The Morgan fingerprint density at radius 1 is 1.12 bits per heavy atom. The van der Waals surface area contributed by atoms with E-state index >= 15 is 0 Å². The van der Waals surface area contributed by atoms with Crippen molar-refractivity contribution in [3.8, 4) is 0 Å². The summed E-state index contributed by atoms with van der Waals surface area (Å²) >= 11 is 1.48. The molecule has 1 aliphatic carbocycles. The lowest BCUT2D eigenvalue weighted by Crippen LogP contribution is -2.47. The van der Waals surface area contributed by atoms with Crippen molar-refractivity contribution in [1.82, 2.24) is 15.3 Å². The molecule has 0 saturated heterocycles. The summed E-state index contributed by atoms with van der Waals surface area (Å²) in [5.41, 5.74) is 2.08. The maximum atomic E-state index is 13.8. The lowest BCUT2D eigenvalue weighted by Gasteiger charge is -2.32. The zero-order valence-corrected chi connectivity index (χ0v) is 20.6. The number of thiophene rings is 1. The minimum Gasteiger partial charge on any atom is -0.351 e. The van der Waals surface area contributed by atoms with Gasteiger partial charge in [0.05, 0.1) is 6.20 Å². The number of carbonyl (C=O) groups excluding carboxylic acids is 2. The van der Waals surface area contributed by atoms with Crippen molar-refractivity contribution < 1.29 is 9.59 Å². The standard InChI is InChI=1S/C27H32N4O2S/c1-3-19(2)20-11-13-22(14-12-20)31(27(33)23-18-28-15-16-29-23)25(24-10-7-17-34-24)26(32)30-21-8-5-4-6-9-21/h7,10-19,21,25H,3-6,8-9H2,1-2H3,(H,30,32). The summed E-state index contributed by atoms with van der Waals surface area (Å²) < 4.78 is 0. The Morgan fingerprint density at radius 3 is 2.50 bits per heavy atom. The van der Waals surface area contributed by atoms with E-state index in [2.05, 4.69) is 29.1 Å². The molecule has 2 heterocycles. The average Bonchev–Trinajstić information content (AvgIpc) is 3.42. The zero-order chi connectivity index (χ0) is 23.9. The molecule has 1 aliphatic rings.